The van der Waals surface area contributed by atoms with Crippen molar-refractivity contribution in [3.05, 3.63) is 22.4 Å². The Balaban J connectivity index is 1.96. The van der Waals surface area contributed by atoms with Gasteiger partial charge in [-0.05, 0) is 11.4 Å². The third-order valence-corrected chi connectivity index (χ3v) is 4.42. The number of carbonyl (C=O) groups excluding carboxylic acids is 2. The Morgan fingerprint density at radius 2 is 2.25 bits per heavy atom. The molecule has 2 aliphatic rings. The summed E-state index contributed by atoms with van der Waals surface area (Å²) in [6.07, 6.45) is 0. The van der Waals surface area contributed by atoms with Gasteiger partial charge in [0.05, 0.1) is 17.9 Å². The van der Waals surface area contributed by atoms with Crippen LogP contribution >= 0.6 is 11.3 Å². The average Bonchev–Trinajstić information content (AvgIpc) is 2.96. The molecule has 2 fully saturated rings. The van der Waals surface area contributed by atoms with E-state index < -0.39 is 0 Å². The zero-order chi connectivity index (χ0) is 11.3. The molecule has 0 spiro atoms. The summed E-state index contributed by atoms with van der Waals surface area (Å²) in [6, 6.07) is 4.01. The van der Waals surface area contributed by atoms with E-state index in [4.69, 9.17) is 0 Å². The molecule has 3 rings (SSSR count). The van der Waals surface area contributed by atoms with Gasteiger partial charge < -0.3 is 5.32 Å². The summed E-state index contributed by atoms with van der Waals surface area (Å²) in [7, 11) is 1.58. The van der Waals surface area contributed by atoms with E-state index in [1.165, 1.54) is 4.90 Å². The van der Waals surface area contributed by atoms with E-state index in [1.54, 1.807) is 18.4 Å². The zero-order valence-electron chi connectivity index (χ0n) is 8.84. The molecule has 2 aliphatic heterocycles. The number of imide groups is 1. The summed E-state index contributed by atoms with van der Waals surface area (Å²) in [6.45, 7) is 0.613. The molecule has 0 radical (unpaired) electrons. The van der Waals surface area contributed by atoms with Crippen LogP contribution in [0, 0.1) is 11.8 Å². The Kier molecular flexibility index (Phi) is 2.12. The molecular formula is C11H12N2O2S. The normalized spacial score (nSPS) is 33.6. The molecule has 0 aliphatic carbocycles. The van der Waals surface area contributed by atoms with Crippen molar-refractivity contribution in [2.45, 2.75) is 6.04 Å². The highest BCUT2D eigenvalue weighted by Gasteiger charge is 2.53. The minimum absolute atomic E-state index is 0.0198. The summed E-state index contributed by atoms with van der Waals surface area (Å²) in [5, 5.41) is 5.28. The number of hydrogen-bond donors (Lipinski definition) is 1. The zero-order valence-corrected chi connectivity index (χ0v) is 9.66. The first-order chi connectivity index (χ1) is 7.70. The monoisotopic (exact) mass is 236 g/mol. The lowest BCUT2D eigenvalue weighted by Crippen LogP contribution is -2.32. The minimum Gasteiger partial charge on any atom is -0.308 e. The van der Waals surface area contributed by atoms with E-state index in [1.807, 2.05) is 17.5 Å². The second-order valence-corrected chi connectivity index (χ2v) is 5.25. The lowest BCUT2D eigenvalue weighted by Gasteiger charge is -2.15. The number of thiophene rings is 1. The number of rotatable bonds is 1. The quantitative estimate of drug-likeness (QED) is 0.727. The Labute approximate surface area is 97.2 Å². The molecule has 2 saturated heterocycles. The van der Waals surface area contributed by atoms with Gasteiger partial charge in [0.15, 0.2) is 0 Å². The molecule has 1 unspecified atom stereocenters. The van der Waals surface area contributed by atoms with Gasteiger partial charge in [-0.3, -0.25) is 14.5 Å². The molecule has 2 amide bonds. The SMILES string of the molecule is CN1C(=O)[C@H]2CNC(c3cccs3)[C@H]2C1=O. The van der Waals surface area contributed by atoms with Crippen molar-refractivity contribution < 1.29 is 9.59 Å². The second-order valence-electron chi connectivity index (χ2n) is 4.27. The molecule has 84 valence electrons. The molecule has 4 nitrogen and oxygen atoms in total. The van der Waals surface area contributed by atoms with E-state index >= 15 is 0 Å². The first-order valence-corrected chi connectivity index (χ1v) is 6.16. The van der Waals surface area contributed by atoms with Crippen LogP contribution in [0.1, 0.15) is 10.9 Å². The largest absolute Gasteiger partial charge is 0.308 e. The van der Waals surface area contributed by atoms with E-state index in [2.05, 4.69) is 5.32 Å². The number of fused-ring (bicyclic) bond motifs is 1. The van der Waals surface area contributed by atoms with Crippen molar-refractivity contribution in [2.24, 2.45) is 11.8 Å². The van der Waals surface area contributed by atoms with E-state index in [9.17, 15) is 9.59 Å². The molecule has 0 aromatic carbocycles. The molecule has 3 atom stereocenters. The van der Waals surface area contributed by atoms with Crippen molar-refractivity contribution in [3.63, 3.8) is 0 Å². The van der Waals surface area contributed by atoms with Gasteiger partial charge in [0.1, 0.15) is 0 Å². The van der Waals surface area contributed by atoms with Gasteiger partial charge in [0.2, 0.25) is 11.8 Å². The molecule has 1 N–H and O–H groups in total. The van der Waals surface area contributed by atoms with Crippen molar-refractivity contribution in [1.29, 1.82) is 0 Å². The first kappa shape index (κ1) is 9.99. The van der Waals surface area contributed by atoms with Gasteiger partial charge >= 0.3 is 0 Å². The highest BCUT2D eigenvalue weighted by molar-refractivity contribution is 7.10. The van der Waals surface area contributed by atoms with Crippen LogP contribution in [0.25, 0.3) is 0 Å². The standard InChI is InChI=1S/C11H12N2O2S/c1-13-10(14)6-5-12-9(8(6)11(13)15)7-3-2-4-16-7/h2-4,6,8-9,12H,5H2,1H3/t6-,8-,9?/m0/s1. The van der Waals surface area contributed by atoms with Gasteiger partial charge in [-0.2, -0.15) is 0 Å². The molecule has 0 bridgehead atoms. The molecule has 16 heavy (non-hydrogen) atoms. The Bertz CT molecular complexity index is 443. The van der Waals surface area contributed by atoms with Gasteiger partial charge in [-0.25, -0.2) is 0 Å². The van der Waals surface area contributed by atoms with Crippen LogP contribution in [0.5, 0.6) is 0 Å². The fourth-order valence-electron chi connectivity index (χ4n) is 2.62. The van der Waals surface area contributed by atoms with E-state index in [0.717, 1.165) is 4.88 Å². The number of likely N-dealkylation sites (tertiary alicyclic amines) is 1. The van der Waals surface area contributed by atoms with Crippen molar-refractivity contribution in [2.75, 3.05) is 13.6 Å². The molecule has 1 aromatic rings. The summed E-state index contributed by atoms with van der Waals surface area (Å²) in [5.74, 6) is -0.444. The lowest BCUT2D eigenvalue weighted by molar-refractivity contribution is -0.138. The molecule has 5 heteroatoms. The third kappa shape index (κ3) is 1.18. The van der Waals surface area contributed by atoms with E-state index in [-0.39, 0.29) is 29.7 Å². The van der Waals surface area contributed by atoms with Crippen LogP contribution in [0.3, 0.4) is 0 Å². The number of carbonyl (C=O) groups is 2. The fourth-order valence-corrected chi connectivity index (χ4v) is 3.47. The third-order valence-electron chi connectivity index (χ3n) is 3.46. The number of nitrogens with one attached hydrogen (secondary N) is 1. The second kappa shape index (κ2) is 3.40. The maximum absolute atomic E-state index is 12.0. The topological polar surface area (TPSA) is 49.4 Å². The van der Waals surface area contributed by atoms with Crippen molar-refractivity contribution >= 4 is 23.2 Å². The molecular weight excluding hydrogens is 224 g/mol. The summed E-state index contributed by atoms with van der Waals surface area (Å²) < 4.78 is 0. The number of amides is 2. The van der Waals surface area contributed by atoms with Gasteiger partial charge in [-0.1, -0.05) is 6.07 Å². The van der Waals surface area contributed by atoms with Gasteiger partial charge in [0, 0.05) is 18.5 Å². The van der Waals surface area contributed by atoms with Crippen LogP contribution in [0.2, 0.25) is 0 Å². The Morgan fingerprint density at radius 3 is 2.94 bits per heavy atom. The fraction of sp³-hybridized carbons (Fsp3) is 0.455. The lowest BCUT2D eigenvalue weighted by atomic mass is 9.92. The van der Waals surface area contributed by atoms with Crippen LogP contribution < -0.4 is 5.32 Å². The number of hydrogen-bond acceptors (Lipinski definition) is 4. The van der Waals surface area contributed by atoms with Gasteiger partial charge in [-0.15, -0.1) is 11.3 Å². The number of nitrogens with zero attached hydrogens (tertiary/aromatic N) is 1. The Hall–Kier alpha value is -1.20. The first-order valence-electron chi connectivity index (χ1n) is 5.28. The summed E-state index contributed by atoms with van der Waals surface area (Å²) >= 11 is 1.63. The predicted octanol–water partition coefficient (Wildman–Crippen LogP) is 0.623. The molecule has 3 heterocycles. The Morgan fingerprint density at radius 1 is 1.44 bits per heavy atom. The van der Waals surface area contributed by atoms with Crippen molar-refractivity contribution in [1.82, 2.24) is 10.2 Å². The molecule has 0 saturated carbocycles. The maximum atomic E-state index is 12.0. The summed E-state index contributed by atoms with van der Waals surface area (Å²) in [4.78, 5) is 26.2. The smallest absolute Gasteiger partial charge is 0.234 e. The van der Waals surface area contributed by atoms with Crippen LogP contribution in [0.15, 0.2) is 17.5 Å². The van der Waals surface area contributed by atoms with Gasteiger partial charge in [0.25, 0.3) is 0 Å². The molecule has 1 aromatic heterocycles. The van der Waals surface area contributed by atoms with Crippen molar-refractivity contribution in [3.8, 4) is 0 Å². The average molecular weight is 236 g/mol. The van der Waals surface area contributed by atoms with Crippen LogP contribution in [-0.2, 0) is 9.59 Å². The van der Waals surface area contributed by atoms with Crippen LogP contribution in [0.4, 0.5) is 0 Å². The maximum Gasteiger partial charge on any atom is 0.234 e. The minimum atomic E-state index is -0.198. The predicted molar refractivity (Wildman–Crippen MR) is 59.8 cm³/mol. The highest BCUT2D eigenvalue weighted by atomic mass is 32.1. The van der Waals surface area contributed by atoms with Crippen LogP contribution in [-0.4, -0.2) is 30.3 Å². The van der Waals surface area contributed by atoms with E-state index in [0.29, 0.717) is 6.54 Å². The summed E-state index contributed by atoms with van der Waals surface area (Å²) in [5.41, 5.74) is 0. The highest BCUT2D eigenvalue weighted by Crippen LogP contribution is 2.41.